The van der Waals surface area contributed by atoms with Crippen molar-refractivity contribution in [3.8, 4) is 0 Å². The molecule has 4 atom stereocenters. The first-order valence-corrected chi connectivity index (χ1v) is 7.52. The normalized spacial score (nSPS) is 35.6. The number of carbonyl (C=O) groups is 1. The van der Waals surface area contributed by atoms with Crippen LogP contribution in [0.2, 0.25) is 0 Å². The highest BCUT2D eigenvalue weighted by molar-refractivity contribution is 5.79. The van der Waals surface area contributed by atoms with E-state index in [1.807, 2.05) is 0 Å². The highest BCUT2D eigenvalue weighted by Crippen LogP contribution is 2.38. The number of halogens is 3. The summed E-state index contributed by atoms with van der Waals surface area (Å²) in [5, 5.41) is 2.64. The Morgan fingerprint density at radius 3 is 2.25 bits per heavy atom. The van der Waals surface area contributed by atoms with Crippen LogP contribution in [-0.2, 0) is 4.79 Å². The van der Waals surface area contributed by atoms with Crippen LogP contribution in [0.4, 0.5) is 13.2 Å². The molecule has 2 aliphatic rings. The first-order valence-electron chi connectivity index (χ1n) is 7.52. The smallest absolute Gasteiger partial charge is 0.352 e. The van der Waals surface area contributed by atoms with Crippen LogP contribution in [0.25, 0.3) is 0 Å². The third-order valence-corrected chi connectivity index (χ3v) is 4.67. The van der Waals surface area contributed by atoms with E-state index >= 15 is 0 Å². The summed E-state index contributed by atoms with van der Waals surface area (Å²) in [6.07, 6.45) is 1.03. The van der Waals surface area contributed by atoms with E-state index < -0.39 is 18.1 Å². The summed E-state index contributed by atoms with van der Waals surface area (Å²) < 4.78 is 39.0. The minimum Gasteiger partial charge on any atom is -0.352 e. The third kappa shape index (κ3) is 3.65. The van der Waals surface area contributed by atoms with Gasteiger partial charge in [-0.3, -0.25) is 4.79 Å². The van der Waals surface area contributed by atoms with Crippen LogP contribution in [-0.4, -0.2) is 24.2 Å². The van der Waals surface area contributed by atoms with Gasteiger partial charge in [0.05, 0.1) is 11.8 Å². The van der Waals surface area contributed by atoms with Gasteiger partial charge < -0.3 is 11.1 Å². The number of hydrogen-bond donors (Lipinski definition) is 2. The standard InChI is InChI=1S/C14H23F3N2O/c15-14(16,17)10-6-2-4-8-12(10)19-13(20)9-5-1-3-7-11(9)18/h9-12H,1-8,18H2,(H,19,20). The molecule has 0 aliphatic heterocycles. The second kappa shape index (κ2) is 6.33. The molecule has 0 radical (unpaired) electrons. The highest BCUT2D eigenvalue weighted by Gasteiger charge is 2.46. The SMILES string of the molecule is NC1CCCCC1C(=O)NC1CCCCC1C(F)(F)F. The lowest BCUT2D eigenvalue weighted by atomic mass is 9.81. The van der Waals surface area contributed by atoms with Crippen molar-refractivity contribution >= 4 is 5.91 Å². The van der Waals surface area contributed by atoms with Crippen LogP contribution < -0.4 is 11.1 Å². The fraction of sp³-hybridized carbons (Fsp3) is 0.929. The molecule has 20 heavy (non-hydrogen) atoms. The van der Waals surface area contributed by atoms with Gasteiger partial charge in [-0.15, -0.1) is 0 Å². The quantitative estimate of drug-likeness (QED) is 0.822. The highest BCUT2D eigenvalue weighted by atomic mass is 19.4. The summed E-state index contributed by atoms with van der Waals surface area (Å²) >= 11 is 0. The lowest BCUT2D eigenvalue weighted by molar-refractivity contribution is -0.189. The zero-order valence-electron chi connectivity index (χ0n) is 11.6. The van der Waals surface area contributed by atoms with Crippen molar-refractivity contribution in [2.24, 2.45) is 17.6 Å². The molecule has 116 valence electrons. The van der Waals surface area contributed by atoms with E-state index in [2.05, 4.69) is 5.32 Å². The number of alkyl halides is 3. The molecule has 0 saturated heterocycles. The maximum atomic E-state index is 13.0. The molecule has 0 bridgehead atoms. The number of rotatable bonds is 2. The van der Waals surface area contributed by atoms with E-state index in [0.717, 1.165) is 25.7 Å². The number of carbonyl (C=O) groups excluding carboxylic acids is 1. The average Bonchev–Trinajstić information content (AvgIpc) is 2.38. The number of hydrogen-bond acceptors (Lipinski definition) is 2. The first kappa shape index (κ1) is 15.6. The van der Waals surface area contributed by atoms with Gasteiger partial charge in [0.2, 0.25) is 5.91 Å². The van der Waals surface area contributed by atoms with Crippen molar-refractivity contribution in [1.82, 2.24) is 5.32 Å². The summed E-state index contributed by atoms with van der Waals surface area (Å²) in [4.78, 5) is 12.2. The zero-order chi connectivity index (χ0) is 14.8. The van der Waals surface area contributed by atoms with Gasteiger partial charge in [0, 0.05) is 12.1 Å². The van der Waals surface area contributed by atoms with E-state index in [9.17, 15) is 18.0 Å². The van der Waals surface area contributed by atoms with Gasteiger partial charge in [0.25, 0.3) is 0 Å². The topological polar surface area (TPSA) is 55.1 Å². The maximum Gasteiger partial charge on any atom is 0.393 e. The molecular formula is C14H23F3N2O. The van der Waals surface area contributed by atoms with Gasteiger partial charge in [-0.2, -0.15) is 13.2 Å². The minimum absolute atomic E-state index is 0.116. The molecule has 2 fully saturated rings. The maximum absolute atomic E-state index is 13.0. The van der Waals surface area contributed by atoms with E-state index in [-0.39, 0.29) is 24.3 Å². The Morgan fingerprint density at radius 2 is 1.60 bits per heavy atom. The number of amides is 1. The van der Waals surface area contributed by atoms with Crippen molar-refractivity contribution in [3.05, 3.63) is 0 Å². The molecule has 2 rings (SSSR count). The molecule has 0 aromatic heterocycles. The van der Waals surface area contributed by atoms with Crippen LogP contribution in [0.3, 0.4) is 0 Å². The van der Waals surface area contributed by atoms with Crippen LogP contribution in [0.1, 0.15) is 51.4 Å². The summed E-state index contributed by atoms with van der Waals surface area (Å²) in [6, 6.07) is -0.984. The van der Waals surface area contributed by atoms with Gasteiger partial charge in [0.1, 0.15) is 0 Å². The minimum atomic E-state index is -4.23. The van der Waals surface area contributed by atoms with Gasteiger partial charge in [-0.25, -0.2) is 0 Å². The molecule has 3 nitrogen and oxygen atoms in total. The number of nitrogens with two attached hydrogens (primary N) is 1. The largest absolute Gasteiger partial charge is 0.393 e. The Bertz CT molecular complexity index is 346. The van der Waals surface area contributed by atoms with Gasteiger partial charge in [-0.05, 0) is 25.7 Å². The molecule has 3 N–H and O–H groups in total. The van der Waals surface area contributed by atoms with Crippen molar-refractivity contribution in [3.63, 3.8) is 0 Å². The Labute approximate surface area is 117 Å². The molecule has 2 aliphatic carbocycles. The summed E-state index contributed by atoms with van der Waals surface area (Å²) in [5.41, 5.74) is 5.92. The summed E-state index contributed by atoms with van der Waals surface area (Å²) in [5.74, 6) is -2.00. The van der Waals surface area contributed by atoms with Crippen molar-refractivity contribution < 1.29 is 18.0 Å². The molecule has 6 heteroatoms. The van der Waals surface area contributed by atoms with Gasteiger partial charge in [0.15, 0.2) is 0 Å². The van der Waals surface area contributed by atoms with Crippen molar-refractivity contribution in [1.29, 1.82) is 0 Å². The molecule has 2 saturated carbocycles. The van der Waals surface area contributed by atoms with Crippen LogP contribution in [0, 0.1) is 11.8 Å². The molecule has 4 unspecified atom stereocenters. The lowest BCUT2D eigenvalue weighted by Crippen LogP contribution is -2.52. The van der Waals surface area contributed by atoms with Crippen LogP contribution >= 0.6 is 0 Å². The van der Waals surface area contributed by atoms with Crippen LogP contribution in [0.15, 0.2) is 0 Å². The summed E-state index contributed by atoms with van der Waals surface area (Å²) in [6.45, 7) is 0. The molecule has 1 amide bonds. The Morgan fingerprint density at radius 1 is 1.00 bits per heavy atom. The molecule has 0 aromatic rings. The van der Waals surface area contributed by atoms with E-state index in [4.69, 9.17) is 5.73 Å². The fourth-order valence-corrected chi connectivity index (χ4v) is 3.47. The first-order chi connectivity index (χ1) is 9.39. The number of nitrogens with one attached hydrogen (secondary N) is 1. The van der Waals surface area contributed by atoms with Gasteiger partial charge >= 0.3 is 6.18 Å². The third-order valence-electron chi connectivity index (χ3n) is 4.67. The molecule has 0 heterocycles. The molecule has 0 spiro atoms. The summed E-state index contributed by atoms with van der Waals surface area (Å²) in [7, 11) is 0. The molecule has 0 aromatic carbocycles. The predicted octanol–water partition coefficient (Wildman–Crippen LogP) is 2.74. The Hall–Kier alpha value is -0.780. The Balaban J connectivity index is 1.97. The Kier molecular flexibility index (Phi) is 4.94. The molecular weight excluding hydrogens is 269 g/mol. The fourth-order valence-electron chi connectivity index (χ4n) is 3.47. The van der Waals surface area contributed by atoms with E-state index in [0.29, 0.717) is 19.3 Å². The average molecular weight is 292 g/mol. The van der Waals surface area contributed by atoms with Gasteiger partial charge in [-0.1, -0.05) is 25.7 Å². The van der Waals surface area contributed by atoms with E-state index in [1.54, 1.807) is 0 Å². The second-order valence-electron chi connectivity index (χ2n) is 6.10. The lowest BCUT2D eigenvalue weighted by Gasteiger charge is -2.35. The predicted molar refractivity (Wildman–Crippen MR) is 69.9 cm³/mol. The van der Waals surface area contributed by atoms with E-state index in [1.165, 1.54) is 0 Å². The van der Waals surface area contributed by atoms with Crippen molar-refractivity contribution in [2.45, 2.75) is 69.6 Å². The van der Waals surface area contributed by atoms with Crippen molar-refractivity contribution in [2.75, 3.05) is 0 Å². The monoisotopic (exact) mass is 292 g/mol. The zero-order valence-corrected chi connectivity index (χ0v) is 11.6. The second-order valence-corrected chi connectivity index (χ2v) is 6.10. The van der Waals surface area contributed by atoms with Crippen LogP contribution in [0.5, 0.6) is 0 Å².